The molecule has 0 aromatic heterocycles. The lowest BCUT2D eigenvalue weighted by Crippen LogP contribution is -2.13. The average Bonchev–Trinajstić information content (AvgIpc) is 1.85. The standard InChI is InChI=1S/C6H13O5P/c1-2-5(6(7)8)3-4-12(9,10)11/h5H,2-4H2,1H3,(H,7,8)(H2,9,10,11). The Labute approximate surface area is 70.6 Å². The Morgan fingerprint density at radius 3 is 2.25 bits per heavy atom. The maximum absolute atomic E-state index is 10.4. The van der Waals surface area contributed by atoms with E-state index in [0.717, 1.165) is 0 Å². The predicted molar refractivity (Wildman–Crippen MR) is 42.9 cm³/mol. The van der Waals surface area contributed by atoms with Crippen LogP contribution in [0.2, 0.25) is 0 Å². The smallest absolute Gasteiger partial charge is 0.325 e. The molecule has 0 aliphatic carbocycles. The highest BCUT2D eigenvalue weighted by atomic mass is 31.2. The molecule has 0 heterocycles. The third-order valence-corrected chi connectivity index (χ3v) is 2.45. The van der Waals surface area contributed by atoms with Crippen molar-refractivity contribution in [1.82, 2.24) is 0 Å². The van der Waals surface area contributed by atoms with Crippen LogP contribution in [-0.2, 0) is 9.36 Å². The van der Waals surface area contributed by atoms with Crippen LogP contribution in [0.3, 0.4) is 0 Å². The van der Waals surface area contributed by atoms with Crippen molar-refractivity contribution >= 4 is 13.6 Å². The molecule has 12 heavy (non-hydrogen) atoms. The highest BCUT2D eigenvalue weighted by molar-refractivity contribution is 7.51. The summed E-state index contributed by atoms with van der Waals surface area (Å²) < 4.78 is 10.4. The van der Waals surface area contributed by atoms with Gasteiger partial charge in [-0.1, -0.05) is 6.92 Å². The van der Waals surface area contributed by atoms with Crippen LogP contribution in [0.1, 0.15) is 19.8 Å². The van der Waals surface area contributed by atoms with E-state index in [4.69, 9.17) is 14.9 Å². The molecule has 0 aromatic carbocycles. The van der Waals surface area contributed by atoms with Gasteiger partial charge >= 0.3 is 13.6 Å². The topological polar surface area (TPSA) is 94.8 Å². The van der Waals surface area contributed by atoms with Gasteiger partial charge in [0.15, 0.2) is 0 Å². The van der Waals surface area contributed by atoms with Gasteiger partial charge in [-0.15, -0.1) is 0 Å². The summed E-state index contributed by atoms with van der Waals surface area (Å²) in [6.07, 6.45) is 0.0866. The largest absolute Gasteiger partial charge is 0.481 e. The molecule has 1 atom stereocenters. The summed E-state index contributed by atoms with van der Waals surface area (Å²) in [5.74, 6) is -1.64. The molecule has 5 nitrogen and oxygen atoms in total. The zero-order chi connectivity index (χ0) is 9.78. The maximum atomic E-state index is 10.4. The predicted octanol–water partition coefficient (Wildman–Crippen LogP) is 0.665. The molecular weight excluding hydrogens is 183 g/mol. The lowest BCUT2D eigenvalue weighted by molar-refractivity contribution is -0.141. The van der Waals surface area contributed by atoms with Crippen molar-refractivity contribution in [2.45, 2.75) is 19.8 Å². The Balaban J connectivity index is 3.90. The van der Waals surface area contributed by atoms with E-state index in [0.29, 0.717) is 6.42 Å². The first-order valence-corrected chi connectivity index (χ1v) is 5.44. The van der Waals surface area contributed by atoms with Gasteiger partial charge < -0.3 is 14.9 Å². The minimum absolute atomic E-state index is 0.0378. The molecule has 0 saturated heterocycles. The number of aliphatic carboxylic acids is 1. The Morgan fingerprint density at radius 1 is 1.50 bits per heavy atom. The summed E-state index contributed by atoms with van der Waals surface area (Å²) in [6, 6.07) is 0. The molecule has 0 saturated carbocycles. The van der Waals surface area contributed by atoms with Crippen LogP contribution in [0.15, 0.2) is 0 Å². The van der Waals surface area contributed by atoms with E-state index >= 15 is 0 Å². The van der Waals surface area contributed by atoms with Crippen molar-refractivity contribution in [1.29, 1.82) is 0 Å². The lowest BCUT2D eigenvalue weighted by atomic mass is 10.0. The highest BCUT2D eigenvalue weighted by Crippen LogP contribution is 2.36. The van der Waals surface area contributed by atoms with Crippen molar-refractivity contribution in [3.8, 4) is 0 Å². The fourth-order valence-electron chi connectivity index (χ4n) is 0.826. The second-order valence-corrected chi connectivity index (χ2v) is 4.40. The number of hydrogen-bond acceptors (Lipinski definition) is 2. The third-order valence-electron chi connectivity index (χ3n) is 1.61. The van der Waals surface area contributed by atoms with Crippen LogP contribution in [0.25, 0.3) is 0 Å². The summed E-state index contributed by atoms with van der Waals surface area (Å²) in [7, 11) is -4.04. The molecule has 3 N–H and O–H groups in total. The highest BCUT2D eigenvalue weighted by Gasteiger charge is 2.20. The molecule has 0 rings (SSSR count). The van der Waals surface area contributed by atoms with E-state index in [1.807, 2.05) is 0 Å². The number of carboxylic acids is 1. The van der Waals surface area contributed by atoms with E-state index in [2.05, 4.69) is 0 Å². The van der Waals surface area contributed by atoms with E-state index in [1.54, 1.807) is 6.92 Å². The molecule has 0 aliphatic heterocycles. The average molecular weight is 196 g/mol. The third kappa shape index (κ3) is 5.29. The minimum atomic E-state index is -4.04. The first-order chi connectivity index (χ1) is 5.37. The molecule has 6 heteroatoms. The minimum Gasteiger partial charge on any atom is -0.481 e. The van der Waals surface area contributed by atoms with E-state index in [1.165, 1.54) is 0 Å². The molecular formula is C6H13O5P. The molecule has 0 fully saturated rings. The monoisotopic (exact) mass is 196 g/mol. The summed E-state index contributed by atoms with van der Waals surface area (Å²) in [5, 5.41) is 8.52. The summed E-state index contributed by atoms with van der Waals surface area (Å²) in [5.41, 5.74) is 0. The molecule has 1 unspecified atom stereocenters. The maximum Gasteiger partial charge on any atom is 0.325 e. The Morgan fingerprint density at radius 2 is 2.00 bits per heavy atom. The van der Waals surface area contributed by atoms with Crippen LogP contribution in [-0.4, -0.2) is 27.0 Å². The molecule has 0 aliphatic rings. The number of rotatable bonds is 5. The molecule has 0 bridgehead atoms. The summed E-state index contributed by atoms with van der Waals surface area (Å²) >= 11 is 0. The number of carbonyl (C=O) groups is 1. The summed E-state index contributed by atoms with van der Waals surface area (Å²) in [4.78, 5) is 27.3. The van der Waals surface area contributed by atoms with Gasteiger partial charge in [0.1, 0.15) is 0 Å². The number of carboxylic acid groups (broad SMARTS) is 1. The van der Waals surface area contributed by atoms with Gasteiger partial charge in [0, 0.05) is 0 Å². The Hall–Kier alpha value is -0.380. The van der Waals surface area contributed by atoms with Gasteiger partial charge in [0.2, 0.25) is 0 Å². The molecule has 0 spiro atoms. The first kappa shape index (κ1) is 11.6. The van der Waals surface area contributed by atoms with Gasteiger partial charge in [-0.05, 0) is 12.8 Å². The van der Waals surface area contributed by atoms with Gasteiger partial charge in [-0.3, -0.25) is 9.36 Å². The number of hydrogen-bond donors (Lipinski definition) is 3. The Bertz CT molecular complexity index is 196. The molecule has 0 aromatic rings. The second kappa shape index (κ2) is 4.60. The fraction of sp³-hybridized carbons (Fsp3) is 0.833. The van der Waals surface area contributed by atoms with Crippen LogP contribution in [0, 0.1) is 5.92 Å². The lowest BCUT2D eigenvalue weighted by Gasteiger charge is -2.09. The molecule has 0 radical (unpaired) electrons. The van der Waals surface area contributed by atoms with Crippen molar-refractivity contribution in [2.75, 3.05) is 6.16 Å². The van der Waals surface area contributed by atoms with Crippen LogP contribution in [0.5, 0.6) is 0 Å². The first-order valence-electron chi connectivity index (χ1n) is 3.64. The van der Waals surface area contributed by atoms with Crippen molar-refractivity contribution < 1.29 is 24.3 Å². The van der Waals surface area contributed by atoms with Crippen LogP contribution >= 0.6 is 7.60 Å². The van der Waals surface area contributed by atoms with E-state index in [-0.39, 0.29) is 12.6 Å². The van der Waals surface area contributed by atoms with E-state index < -0.39 is 19.5 Å². The van der Waals surface area contributed by atoms with Crippen LogP contribution < -0.4 is 0 Å². The van der Waals surface area contributed by atoms with Crippen molar-refractivity contribution in [3.05, 3.63) is 0 Å². The summed E-state index contributed by atoms with van der Waals surface area (Å²) in [6.45, 7) is 1.68. The molecule has 0 amide bonds. The quantitative estimate of drug-likeness (QED) is 0.561. The van der Waals surface area contributed by atoms with Crippen molar-refractivity contribution in [2.24, 2.45) is 5.92 Å². The zero-order valence-electron chi connectivity index (χ0n) is 6.80. The molecule has 72 valence electrons. The van der Waals surface area contributed by atoms with Crippen LogP contribution in [0.4, 0.5) is 0 Å². The SMILES string of the molecule is CCC(CCP(=O)(O)O)C(=O)O. The van der Waals surface area contributed by atoms with Gasteiger partial charge in [0.25, 0.3) is 0 Å². The normalized spacial score (nSPS) is 14.2. The van der Waals surface area contributed by atoms with Gasteiger partial charge in [-0.2, -0.15) is 0 Å². The van der Waals surface area contributed by atoms with Gasteiger partial charge in [0.05, 0.1) is 12.1 Å². The van der Waals surface area contributed by atoms with Crippen molar-refractivity contribution in [3.63, 3.8) is 0 Å². The second-order valence-electron chi connectivity index (χ2n) is 2.62. The van der Waals surface area contributed by atoms with Gasteiger partial charge in [-0.25, -0.2) is 0 Å². The van der Waals surface area contributed by atoms with E-state index in [9.17, 15) is 9.36 Å². The Kier molecular flexibility index (Phi) is 4.45. The zero-order valence-corrected chi connectivity index (χ0v) is 7.70. The fourth-order valence-corrected chi connectivity index (χ4v) is 1.47.